The van der Waals surface area contributed by atoms with Crippen molar-refractivity contribution < 1.29 is 22.2 Å². The van der Waals surface area contributed by atoms with Crippen LogP contribution in [0.1, 0.15) is 122 Å². The first-order valence-corrected chi connectivity index (χ1v) is 13.1. The van der Waals surface area contributed by atoms with Gasteiger partial charge in [0.15, 0.2) is 0 Å². The molecule has 1 aliphatic rings. The van der Waals surface area contributed by atoms with Crippen LogP contribution in [0.25, 0.3) is 0 Å². The first kappa shape index (κ1) is 34.2. The second-order valence-electron chi connectivity index (χ2n) is 8.13. The molecule has 0 aromatic rings. The van der Waals surface area contributed by atoms with Crippen molar-refractivity contribution in [1.82, 2.24) is 4.31 Å². The van der Waals surface area contributed by atoms with Crippen molar-refractivity contribution in [2.45, 2.75) is 122 Å². The quantitative estimate of drug-likeness (QED) is 0.156. The molecule has 0 bridgehead atoms. The van der Waals surface area contributed by atoms with E-state index in [1.54, 1.807) is 0 Å². The number of hydrogen-bond donors (Lipinski definition) is 0. The van der Waals surface area contributed by atoms with Gasteiger partial charge in [-0.25, -0.2) is 0 Å². The summed E-state index contributed by atoms with van der Waals surface area (Å²) in [5.41, 5.74) is 0. The molecule has 0 aromatic carbocycles. The molecule has 1 fully saturated rings. The topological polar surface area (TPSA) is 80.8 Å². The van der Waals surface area contributed by atoms with E-state index in [1.165, 1.54) is 77.0 Å². The number of unbranched alkanes of at least 4 members (excludes halogenated alkanes) is 15. The number of rotatable bonds is 19. The molecule has 1 aliphatic heterocycles. The van der Waals surface area contributed by atoms with Crippen LogP contribution in [0.4, 0.5) is 0 Å². The molecular formula is C22H43NNa2O5S. The predicted octanol–water partition coefficient (Wildman–Crippen LogP) is 4.36. The molecule has 9 heteroatoms. The van der Waals surface area contributed by atoms with Crippen molar-refractivity contribution in [2.75, 3.05) is 6.61 Å². The third-order valence-corrected chi connectivity index (χ3v) is 6.78. The summed E-state index contributed by atoms with van der Waals surface area (Å²) in [5, 5.41) is 0. The third kappa shape index (κ3) is 16.3. The summed E-state index contributed by atoms with van der Waals surface area (Å²) in [6.07, 6.45) is 19.8. The Balaban J connectivity index is 0. The molecule has 0 saturated carbocycles. The van der Waals surface area contributed by atoms with Gasteiger partial charge in [0.1, 0.15) is 0 Å². The summed E-state index contributed by atoms with van der Waals surface area (Å²) in [5.74, 6) is -1.39. The number of imide groups is 1. The fraction of sp³-hybridized carbons (Fsp3) is 0.909. The zero-order valence-electron chi connectivity index (χ0n) is 18.3. The molecule has 0 spiro atoms. The van der Waals surface area contributed by atoms with E-state index in [9.17, 15) is 18.0 Å². The minimum absolute atomic E-state index is 0. The van der Waals surface area contributed by atoms with E-state index in [2.05, 4.69) is 6.92 Å². The Hall–Kier alpha value is 1.05. The van der Waals surface area contributed by atoms with Crippen LogP contribution in [0.15, 0.2) is 0 Å². The van der Waals surface area contributed by atoms with Crippen LogP contribution in [0, 0.1) is 0 Å². The molecule has 0 aromatic heterocycles. The Bertz CT molecular complexity index is 556. The van der Waals surface area contributed by atoms with E-state index in [-0.39, 0.29) is 82.9 Å². The van der Waals surface area contributed by atoms with Gasteiger partial charge in [-0.3, -0.25) is 13.8 Å². The fourth-order valence-electron chi connectivity index (χ4n) is 3.67. The summed E-state index contributed by atoms with van der Waals surface area (Å²) in [4.78, 5) is 22.9. The van der Waals surface area contributed by atoms with Crippen molar-refractivity contribution in [1.29, 1.82) is 0 Å². The average Bonchev–Trinajstić information content (AvgIpc) is 3.03. The van der Waals surface area contributed by atoms with Gasteiger partial charge in [-0.1, -0.05) is 103 Å². The van der Waals surface area contributed by atoms with E-state index in [4.69, 9.17) is 4.18 Å². The van der Waals surface area contributed by atoms with E-state index in [0.717, 1.165) is 19.3 Å². The zero-order chi connectivity index (χ0) is 21.4. The summed E-state index contributed by atoms with van der Waals surface area (Å²) < 4.78 is 28.9. The van der Waals surface area contributed by atoms with Crippen molar-refractivity contribution in [3.63, 3.8) is 0 Å². The molecule has 2 amide bonds. The van der Waals surface area contributed by atoms with Crippen LogP contribution in [0.2, 0.25) is 0 Å². The van der Waals surface area contributed by atoms with Gasteiger partial charge in [-0.05, 0) is 6.42 Å². The van der Waals surface area contributed by atoms with Gasteiger partial charge in [0, 0.05) is 12.8 Å². The summed E-state index contributed by atoms with van der Waals surface area (Å²) >= 11 is 0. The van der Waals surface area contributed by atoms with Crippen LogP contribution in [0.5, 0.6) is 0 Å². The molecule has 0 unspecified atom stereocenters. The molecule has 1 saturated heterocycles. The summed E-state index contributed by atoms with van der Waals surface area (Å²) in [6, 6.07) is 0. The van der Waals surface area contributed by atoms with Gasteiger partial charge >= 0.3 is 69.4 Å². The molecular weight excluding hydrogens is 436 g/mol. The molecule has 0 radical (unpaired) electrons. The Morgan fingerprint density at radius 3 is 1.32 bits per heavy atom. The van der Waals surface area contributed by atoms with Crippen LogP contribution in [-0.4, -0.2) is 90.3 Å². The second-order valence-corrected chi connectivity index (χ2v) is 9.59. The van der Waals surface area contributed by atoms with Crippen molar-refractivity contribution in [3.8, 4) is 0 Å². The summed E-state index contributed by atoms with van der Waals surface area (Å²) in [7, 11) is -4.24. The number of carbonyl (C=O) groups is 2. The first-order chi connectivity index (χ1) is 14.0. The molecule has 6 nitrogen and oxygen atoms in total. The van der Waals surface area contributed by atoms with Gasteiger partial charge in [0.25, 0.3) is 0 Å². The number of hydrogen-bond acceptors (Lipinski definition) is 5. The SMILES string of the molecule is CCCCCCCCCCCCCCCCCCOS(=O)(=O)N1C(=O)CCC1=O.[NaH].[NaH]. The van der Waals surface area contributed by atoms with Gasteiger partial charge in [0.2, 0.25) is 11.8 Å². The number of nitrogens with zero attached hydrogens (tertiary/aromatic N) is 1. The van der Waals surface area contributed by atoms with Crippen LogP contribution >= 0.6 is 0 Å². The van der Waals surface area contributed by atoms with Crippen molar-refractivity contribution in [3.05, 3.63) is 0 Å². The number of amides is 2. The second kappa shape index (κ2) is 21.6. The molecule has 0 N–H and O–H groups in total. The Morgan fingerprint density at radius 1 is 0.645 bits per heavy atom. The van der Waals surface area contributed by atoms with Gasteiger partial charge in [0.05, 0.1) is 6.61 Å². The standard InChI is InChI=1S/C22H41NO5S.2Na.2H/c1-2-3-4-5-6-7-8-9-10-11-12-13-14-15-16-17-20-28-29(26,27)23-21(24)18-19-22(23)25;;;;/h2-20H2,1H3;;;;. The van der Waals surface area contributed by atoms with Gasteiger partial charge < -0.3 is 0 Å². The minimum atomic E-state index is -4.24. The molecule has 0 atom stereocenters. The van der Waals surface area contributed by atoms with E-state index >= 15 is 0 Å². The Labute approximate surface area is 234 Å². The molecule has 1 heterocycles. The van der Waals surface area contributed by atoms with E-state index in [1.807, 2.05) is 0 Å². The molecule has 1 rings (SSSR count). The van der Waals surface area contributed by atoms with E-state index in [0.29, 0.717) is 6.42 Å². The van der Waals surface area contributed by atoms with Gasteiger partial charge in [-0.15, -0.1) is 0 Å². The van der Waals surface area contributed by atoms with Crippen LogP contribution in [-0.2, 0) is 24.1 Å². The Kier molecular flexibility index (Phi) is 23.8. The van der Waals surface area contributed by atoms with Crippen LogP contribution in [0.3, 0.4) is 0 Å². The maximum atomic E-state index is 11.9. The normalized spacial score (nSPS) is 13.9. The monoisotopic (exact) mass is 479 g/mol. The Morgan fingerprint density at radius 2 is 0.968 bits per heavy atom. The zero-order valence-corrected chi connectivity index (χ0v) is 19.1. The average molecular weight is 480 g/mol. The molecule has 31 heavy (non-hydrogen) atoms. The fourth-order valence-corrected chi connectivity index (χ4v) is 4.79. The maximum absolute atomic E-state index is 11.9. The van der Waals surface area contributed by atoms with Crippen LogP contribution < -0.4 is 0 Å². The molecule has 174 valence electrons. The number of carbonyl (C=O) groups excluding carboxylic acids is 2. The first-order valence-electron chi connectivity index (χ1n) is 11.7. The van der Waals surface area contributed by atoms with Crippen molar-refractivity contribution >= 4 is 81.2 Å². The van der Waals surface area contributed by atoms with Gasteiger partial charge in [-0.2, -0.15) is 12.7 Å². The van der Waals surface area contributed by atoms with E-state index < -0.39 is 22.1 Å². The third-order valence-electron chi connectivity index (χ3n) is 5.46. The molecule has 0 aliphatic carbocycles. The predicted molar refractivity (Wildman–Crippen MR) is 130 cm³/mol. The summed E-state index contributed by atoms with van der Waals surface area (Å²) in [6.45, 7) is 2.28. The van der Waals surface area contributed by atoms with Crippen molar-refractivity contribution in [2.24, 2.45) is 0 Å².